The summed E-state index contributed by atoms with van der Waals surface area (Å²) < 4.78 is 77.8. The van der Waals surface area contributed by atoms with Gasteiger partial charge >= 0.3 is 0 Å². The van der Waals surface area contributed by atoms with E-state index in [9.17, 15) is 17.2 Å². The first-order valence-corrected chi connectivity index (χ1v) is 25.1. The molecule has 1 heterocycles. The van der Waals surface area contributed by atoms with Crippen LogP contribution in [0.1, 0.15) is 116 Å². The predicted molar refractivity (Wildman–Crippen MR) is 249 cm³/mol. The van der Waals surface area contributed by atoms with Gasteiger partial charge in [-0.15, -0.1) is 0 Å². The second-order valence-electron chi connectivity index (χ2n) is 15.7. The molecule has 0 fully saturated rings. The summed E-state index contributed by atoms with van der Waals surface area (Å²) in [7, 11) is 2.80. The summed E-state index contributed by atoms with van der Waals surface area (Å²) in [6.45, 7) is 11.5. The molecule has 3 aliphatic rings. The number of hydroxylamine groups is 1. The number of anilines is 1. The molecule has 0 bridgehead atoms. The van der Waals surface area contributed by atoms with E-state index in [2.05, 4.69) is 96.5 Å². The summed E-state index contributed by atoms with van der Waals surface area (Å²) >= 11 is 1.93. The number of hydrogen-bond acceptors (Lipinski definition) is 11. The van der Waals surface area contributed by atoms with Crippen LogP contribution >= 0.6 is 15.9 Å². The van der Waals surface area contributed by atoms with E-state index in [0.29, 0.717) is 55.4 Å². The van der Waals surface area contributed by atoms with Gasteiger partial charge < -0.3 is 28.4 Å². The van der Waals surface area contributed by atoms with Crippen LogP contribution in [-0.4, -0.2) is 70.2 Å². The molecule has 0 amide bonds. The summed E-state index contributed by atoms with van der Waals surface area (Å²) in [5.41, 5.74) is 12.1. The fourth-order valence-electron chi connectivity index (χ4n) is 9.66. The summed E-state index contributed by atoms with van der Waals surface area (Å²) in [6.07, 6.45) is 16.6. The number of nitrogens with zero attached hydrogens (tertiary/aromatic N) is 1. The summed E-state index contributed by atoms with van der Waals surface area (Å²) in [4.78, 5) is 2.25. The Labute approximate surface area is 375 Å². The van der Waals surface area contributed by atoms with E-state index >= 15 is 0 Å². The fourth-order valence-corrected chi connectivity index (χ4v) is 11.6. The van der Waals surface area contributed by atoms with Gasteiger partial charge in [0.15, 0.2) is 23.0 Å². The standard InChI is InChI=1S/C47H65BrN2O9S2/c1-10-46(11-2)36(34(20-16-26-60(51)52)35-28-40(55-6)41(56-7)29-37(35)46)23-21-32-18-15-19-33(45(32)48)22-24-44-47(12-3,13-4)38-30-42(57-8)43(58-9)31-39(38)50(44)25-17-27-61(53,54)59-49-14-5/h21-24,28-31,49H,10-20,25-27H2,1-9H3,(H,51,52)/p-1/b23-21+,33-22+,44-24-. The van der Waals surface area contributed by atoms with Gasteiger partial charge in [-0.25, -0.2) is 0 Å². The molecule has 0 aromatic heterocycles. The van der Waals surface area contributed by atoms with Crippen molar-refractivity contribution in [2.75, 3.05) is 57.9 Å². The van der Waals surface area contributed by atoms with E-state index in [4.69, 9.17) is 23.2 Å². The van der Waals surface area contributed by atoms with Crippen molar-refractivity contribution in [3.05, 3.63) is 92.2 Å². The van der Waals surface area contributed by atoms with Gasteiger partial charge in [0.05, 0.1) is 34.2 Å². The molecular weight excluding hydrogens is 881 g/mol. The minimum absolute atomic E-state index is 0.0969. The first-order valence-electron chi connectivity index (χ1n) is 21.5. The first kappa shape index (κ1) is 48.6. The Morgan fingerprint density at radius 3 is 2.02 bits per heavy atom. The van der Waals surface area contributed by atoms with Crippen LogP contribution in [0.3, 0.4) is 0 Å². The van der Waals surface area contributed by atoms with Crippen LogP contribution in [0.5, 0.6) is 23.0 Å². The number of ether oxygens (including phenoxy) is 4. The zero-order valence-corrected chi connectivity index (χ0v) is 40.6. The lowest BCUT2D eigenvalue weighted by Crippen LogP contribution is -2.32. The number of halogens is 1. The SMILES string of the molecule is CCNOS(=O)(=O)CCCN1/C(=C\C=C2/CCCC(/C=C/C3=C(CCCS(=O)[O-])c4cc(OC)c(OC)cc4C3(CC)CC)=C2Br)C(CC)(CC)c2cc(OC)c(OC)cc21. The van der Waals surface area contributed by atoms with Gasteiger partial charge in [0.1, 0.15) is 0 Å². The molecule has 0 radical (unpaired) electrons. The molecule has 2 aromatic rings. The number of fused-ring (bicyclic) bond motifs is 2. The molecule has 5 rings (SSSR count). The van der Waals surface area contributed by atoms with Crippen molar-refractivity contribution in [1.82, 2.24) is 5.48 Å². The van der Waals surface area contributed by atoms with E-state index in [1.807, 2.05) is 6.07 Å². The Hall–Kier alpha value is -3.40. The maximum Gasteiger partial charge on any atom is 0.283 e. The molecule has 11 nitrogen and oxygen atoms in total. The maximum absolute atomic E-state index is 12.7. The predicted octanol–water partition coefficient (Wildman–Crippen LogP) is 10.2. The molecule has 1 unspecified atom stereocenters. The van der Waals surface area contributed by atoms with E-state index in [1.165, 1.54) is 22.3 Å². The van der Waals surface area contributed by atoms with Gasteiger partial charge in [-0.05, 0) is 127 Å². The van der Waals surface area contributed by atoms with Gasteiger partial charge in [-0.1, -0.05) is 79.9 Å². The van der Waals surface area contributed by atoms with Crippen LogP contribution in [-0.2, 0) is 36.3 Å². The lowest BCUT2D eigenvalue weighted by atomic mass is 9.72. The Kier molecular flexibility index (Phi) is 17.0. The molecule has 1 N–H and O–H groups in total. The topological polar surface area (TPSA) is 136 Å². The van der Waals surface area contributed by atoms with Gasteiger partial charge in [-0.2, -0.15) is 18.2 Å². The van der Waals surface area contributed by atoms with Crippen LogP contribution in [0.4, 0.5) is 5.69 Å². The van der Waals surface area contributed by atoms with E-state index in [0.717, 1.165) is 77.5 Å². The highest BCUT2D eigenvalue weighted by Gasteiger charge is 2.46. The van der Waals surface area contributed by atoms with Crippen LogP contribution < -0.4 is 29.3 Å². The first-order chi connectivity index (χ1) is 29.3. The second-order valence-corrected chi connectivity index (χ2v) is 19.2. The van der Waals surface area contributed by atoms with E-state index in [1.54, 1.807) is 35.4 Å². The van der Waals surface area contributed by atoms with Gasteiger partial charge in [0.25, 0.3) is 10.1 Å². The molecule has 1 atom stereocenters. The zero-order valence-electron chi connectivity index (χ0n) is 37.3. The molecule has 2 aliphatic carbocycles. The Balaban J connectivity index is 1.60. The van der Waals surface area contributed by atoms with Crippen LogP contribution in [0.2, 0.25) is 0 Å². The summed E-state index contributed by atoms with van der Waals surface area (Å²) in [6, 6.07) is 8.25. The molecule has 14 heteroatoms. The van der Waals surface area contributed by atoms with E-state index < -0.39 is 21.2 Å². The van der Waals surface area contributed by atoms with Crippen molar-refractivity contribution in [3.8, 4) is 23.0 Å². The third-order valence-corrected chi connectivity index (χ3v) is 15.7. The maximum atomic E-state index is 12.7. The normalized spacial score (nSPS) is 19.0. The van der Waals surface area contributed by atoms with Crippen molar-refractivity contribution < 1.29 is 40.4 Å². The van der Waals surface area contributed by atoms with Gasteiger partial charge in [0, 0.05) is 51.6 Å². The fraction of sp³-hybridized carbons (Fsp3) is 0.532. The molecule has 0 saturated carbocycles. The number of methoxy groups -OCH3 is 4. The van der Waals surface area contributed by atoms with Crippen LogP contribution in [0.15, 0.2) is 75.5 Å². The van der Waals surface area contributed by atoms with Crippen molar-refractivity contribution >= 4 is 48.4 Å². The molecule has 61 heavy (non-hydrogen) atoms. The van der Waals surface area contributed by atoms with Crippen LogP contribution in [0, 0.1) is 0 Å². The third kappa shape index (κ3) is 9.89. The number of rotatable bonds is 22. The molecule has 0 spiro atoms. The molecule has 0 saturated heterocycles. The number of hydrogen-bond donors (Lipinski definition) is 1. The number of allylic oxidation sites excluding steroid dienone is 10. The average molecular weight is 945 g/mol. The average Bonchev–Trinajstić information content (AvgIpc) is 3.67. The van der Waals surface area contributed by atoms with E-state index in [-0.39, 0.29) is 22.3 Å². The van der Waals surface area contributed by atoms with Crippen LogP contribution in [0.25, 0.3) is 5.57 Å². The lowest BCUT2D eigenvalue weighted by Gasteiger charge is -2.32. The zero-order chi connectivity index (χ0) is 44.5. The van der Waals surface area contributed by atoms with Gasteiger partial charge in [0.2, 0.25) is 0 Å². The lowest BCUT2D eigenvalue weighted by molar-refractivity contribution is 0.210. The largest absolute Gasteiger partial charge is 0.772 e. The highest BCUT2D eigenvalue weighted by Crippen LogP contribution is 2.57. The number of benzene rings is 2. The minimum Gasteiger partial charge on any atom is -0.772 e. The van der Waals surface area contributed by atoms with Gasteiger partial charge in [-0.3, -0.25) is 4.21 Å². The summed E-state index contributed by atoms with van der Waals surface area (Å²) in [5.74, 6) is 2.56. The van der Waals surface area contributed by atoms with Crippen molar-refractivity contribution in [2.45, 2.75) is 110 Å². The minimum atomic E-state index is -3.76. The highest BCUT2D eigenvalue weighted by atomic mass is 79.9. The van der Waals surface area contributed by atoms with Crippen molar-refractivity contribution in [1.29, 1.82) is 0 Å². The monoisotopic (exact) mass is 943 g/mol. The smallest absolute Gasteiger partial charge is 0.283 e. The molecule has 336 valence electrons. The molecular formula is C47H64BrN2O9S2-. The van der Waals surface area contributed by atoms with Crippen molar-refractivity contribution in [2.24, 2.45) is 0 Å². The molecule has 2 aromatic carbocycles. The summed E-state index contributed by atoms with van der Waals surface area (Å²) in [5, 5.41) is 0. The molecule has 1 aliphatic heterocycles. The second kappa shape index (κ2) is 21.3. The highest BCUT2D eigenvalue weighted by molar-refractivity contribution is 9.12. The Bertz CT molecular complexity index is 2200. The quantitative estimate of drug-likeness (QED) is 0.0893. The van der Waals surface area contributed by atoms with Crippen molar-refractivity contribution in [3.63, 3.8) is 0 Å². The Morgan fingerprint density at radius 2 is 1.43 bits per heavy atom. The third-order valence-electron chi connectivity index (χ3n) is 12.9. The number of nitrogens with one attached hydrogen (secondary N) is 1. The Morgan fingerprint density at radius 1 is 0.820 bits per heavy atom.